The van der Waals surface area contributed by atoms with E-state index in [0.717, 1.165) is 11.4 Å². The summed E-state index contributed by atoms with van der Waals surface area (Å²) in [5.74, 6) is -0.861. The minimum Gasteiger partial charge on any atom is -0.452 e. The molecule has 2 N–H and O–H groups in total. The van der Waals surface area contributed by atoms with Crippen LogP contribution in [0.15, 0.2) is 65.8 Å². The normalized spacial score (nSPS) is 10.7. The van der Waals surface area contributed by atoms with Crippen LogP contribution >= 0.6 is 11.8 Å². The number of carbonyl (C=O) groups is 3. The van der Waals surface area contributed by atoms with Gasteiger partial charge < -0.3 is 4.74 Å². The summed E-state index contributed by atoms with van der Waals surface area (Å²) in [7, 11) is 0. The maximum Gasteiger partial charge on any atom is 0.338 e. The van der Waals surface area contributed by atoms with Crippen LogP contribution < -0.4 is 10.9 Å². The second-order valence-corrected chi connectivity index (χ2v) is 8.48. The molecule has 2 aromatic heterocycles. The lowest BCUT2D eigenvalue weighted by molar-refractivity contribution is -0.125. The third kappa shape index (κ3) is 6.01. The molecular formula is C24H22N6O4S. The van der Waals surface area contributed by atoms with E-state index in [-0.39, 0.29) is 0 Å². The number of fused-ring (bicyclic) bond motifs is 1. The van der Waals surface area contributed by atoms with Crippen LogP contribution in [-0.4, -0.2) is 44.0 Å². The molecule has 0 unspecified atom stereocenters. The van der Waals surface area contributed by atoms with E-state index >= 15 is 0 Å². The molecule has 10 nitrogen and oxygen atoms in total. The minimum absolute atomic E-state index is 0.329. The molecule has 2 heterocycles. The summed E-state index contributed by atoms with van der Waals surface area (Å²) < 4.78 is 6.81. The van der Waals surface area contributed by atoms with Crippen molar-refractivity contribution in [2.24, 2.45) is 0 Å². The van der Waals surface area contributed by atoms with Gasteiger partial charge in [-0.1, -0.05) is 48.2 Å². The number of nitrogens with one attached hydrogen (secondary N) is 2. The van der Waals surface area contributed by atoms with Crippen LogP contribution in [-0.2, 0) is 15.3 Å². The number of benzene rings is 2. The van der Waals surface area contributed by atoms with Crippen molar-refractivity contribution in [1.82, 2.24) is 30.4 Å². The number of hydrogen-bond donors (Lipinski definition) is 2. The van der Waals surface area contributed by atoms with Gasteiger partial charge in [0.25, 0.3) is 17.6 Å². The Morgan fingerprint density at radius 3 is 2.51 bits per heavy atom. The van der Waals surface area contributed by atoms with E-state index in [1.807, 2.05) is 26.0 Å². The lowest BCUT2D eigenvalue weighted by Gasteiger charge is -2.10. The number of carbonyl (C=O) groups excluding carboxylic acids is 3. The van der Waals surface area contributed by atoms with Crippen LogP contribution in [0.25, 0.3) is 5.78 Å². The Morgan fingerprint density at radius 1 is 0.971 bits per heavy atom. The summed E-state index contributed by atoms with van der Waals surface area (Å²) in [5, 5.41) is 4.99. The number of aryl methyl sites for hydroxylation is 2. The molecule has 0 saturated heterocycles. The molecule has 2 aromatic carbocycles. The highest BCUT2D eigenvalue weighted by atomic mass is 32.2. The molecule has 0 aliphatic carbocycles. The van der Waals surface area contributed by atoms with Crippen LogP contribution in [0.3, 0.4) is 0 Å². The van der Waals surface area contributed by atoms with Gasteiger partial charge in [-0.05, 0) is 43.7 Å². The van der Waals surface area contributed by atoms with Crippen LogP contribution in [0.1, 0.15) is 37.7 Å². The van der Waals surface area contributed by atoms with Crippen LogP contribution in [0.2, 0.25) is 0 Å². The second-order valence-electron chi connectivity index (χ2n) is 7.54. The smallest absolute Gasteiger partial charge is 0.338 e. The Hall–Kier alpha value is -4.25. The number of hydrazine groups is 1. The SMILES string of the molecule is Cc1cc(C)n2nc(SCc3ccccc3C(=O)OCC(=O)NNC(=O)c3ccccc3)nc2n1. The first kappa shape index (κ1) is 23.9. The van der Waals surface area contributed by atoms with Gasteiger partial charge in [-0.25, -0.2) is 14.3 Å². The van der Waals surface area contributed by atoms with E-state index in [9.17, 15) is 14.4 Å². The Morgan fingerprint density at radius 2 is 1.71 bits per heavy atom. The van der Waals surface area contributed by atoms with Crippen molar-refractivity contribution >= 4 is 35.3 Å². The number of ether oxygens (including phenoxy) is 1. The zero-order valence-corrected chi connectivity index (χ0v) is 19.8. The summed E-state index contributed by atoms with van der Waals surface area (Å²) in [6.07, 6.45) is 0. The fourth-order valence-electron chi connectivity index (χ4n) is 3.23. The standard InChI is InChI=1S/C24H22N6O4S/c1-15-12-16(2)30-23(25-15)26-24(29-30)35-14-18-10-6-7-11-19(18)22(33)34-13-20(31)27-28-21(32)17-8-4-3-5-9-17/h3-12H,13-14H2,1-2H3,(H,27,31)(H,28,32). The number of nitrogens with zero attached hydrogens (tertiary/aromatic N) is 4. The topological polar surface area (TPSA) is 128 Å². The van der Waals surface area contributed by atoms with Gasteiger partial charge in [0.1, 0.15) is 0 Å². The molecule has 4 aromatic rings. The third-order valence-electron chi connectivity index (χ3n) is 4.88. The second kappa shape index (κ2) is 10.8. The summed E-state index contributed by atoms with van der Waals surface area (Å²) in [6.45, 7) is 3.28. The largest absolute Gasteiger partial charge is 0.452 e. The fourth-order valence-corrected chi connectivity index (χ4v) is 4.05. The van der Waals surface area contributed by atoms with E-state index in [1.165, 1.54) is 11.8 Å². The third-order valence-corrected chi connectivity index (χ3v) is 5.77. The van der Waals surface area contributed by atoms with E-state index < -0.39 is 24.4 Å². The Balaban J connectivity index is 1.32. The van der Waals surface area contributed by atoms with Crippen LogP contribution in [0.5, 0.6) is 0 Å². The molecule has 0 aliphatic heterocycles. The molecule has 0 aliphatic rings. The highest BCUT2D eigenvalue weighted by Crippen LogP contribution is 2.23. The average Bonchev–Trinajstić information content (AvgIpc) is 3.28. The highest BCUT2D eigenvalue weighted by molar-refractivity contribution is 7.98. The molecule has 0 bridgehead atoms. The molecule has 0 fully saturated rings. The molecule has 2 amide bonds. The average molecular weight is 491 g/mol. The first-order chi connectivity index (χ1) is 16.9. The van der Waals surface area contributed by atoms with Gasteiger partial charge in [-0.3, -0.25) is 20.4 Å². The van der Waals surface area contributed by atoms with Gasteiger partial charge in [-0.2, -0.15) is 4.98 Å². The highest BCUT2D eigenvalue weighted by Gasteiger charge is 2.16. The quantitative estimate of drug-likeness (QED) is 0.230. The molecule has 178 valence electrons. The molecule has 11 heteroatoms. The number of aromatic nitrogens is 4. The molecule has 0 saturated carbocycles. The van der Waals surface area contributed by atoms with Gasteiger partial charge in [0.05, 0.1) is 5.56 Å². The first-order valence-corrected chi connectivity index (χ1v) is 11.6. The minimum atomic E-state index is -0.665. The van der Waals surface area contributed by atoms with E-state index in [4.69, 9.17) is 4.74 Å². The maximum atomic E-state index is 12.6. The Labute approximate surface area is 205 Å². The number of rotatable bonds is 7. The Kier molecular flexibility index (Phi) is 7.36. The molecule has 0 atom stereocenters. The van der Waals surface area contributed by atoms with Crippen molar-refractivity contribution in [3.05, 3.63) is 88.7 Å². The van der Waals surface area contributed by atoms with Gasteiger partial charge in [-0.15, -0.1) is 5.10 Å². The summed E-state index contributed by atoms with van der Waals surface area (Å²) in [4.78, 5) is 45.4. The summed E-state index contributed by atoms with van der Waals surface area (Å²) in [6, 6.07) is 17.3. The van der Waals surface area contributed by atoms with E-state index in [1.54, 1.807) is 53.0 Å². The van der Waals surface area contributed by atoms with E-state index in [2.05, 4.69) is 25.9 Å². The summed E-state index contributed by atoms with van der Waals surface area (Å²) in [5.41, 5.74) is 7.71. The lowest BCUT2D eigenvalue weighted by atomic mass is 10.1. The van der Waals surface area contributed by atoms with E-state index in [0.29, 0.717) is 33.4 Å². The predicted octanol–water partition coefficient (Wildman–Crippen LogP) is 2.65. The predicted molar refractivity (Wildman–Crippen MR) is 129 cm³/mol. The van der Waals surface area contributed by atoms with Crippen molar-refractivity contribution in [3.63, 3.8) is 0 Å². The maximum absolute atomic E-state index is 12.6. The number of thioether (sulfide) groups is 1. The van der Waals surface area contributed by atoms with Crippen molar-refractivity contribution in [1.29, 1.82) is 0 Å². The van der Waals surface area contributed by atoms with Crippen molar-refractivity contribution in [2.45, 2.75) is 24.8 Å². The zero-order chi connectivity index (χ0) is 24.8. The first-order valence-electron chi connectivity index (χ1n) is 10.6. The molecular weight excluding hydrogens is 468 g/mol. The van der Waals surface area contributed by atoms with Gasteiger partial charge in [0.15, 0.2) is 6.61 Å². The van der Waals surface area contributed by atoms with Crippen molar-refractivity contribution < 1.29 is 19.1 Å². The van der Waals surface area contributed by atoms with Gasteiger partial charge in [0, 0.05) is 22.7 Å². The van der Waals surface area contributed by atoms with Gasteiger partial charge in [0.2, 0.25) is 5.16 Å². The van der Waals surface area contributed by atoms with Crippen molar-refractivity contribution in [3.8, 4) is 0 Å². The number of hydrogen-bond acceptors (Lipinski definition) is 8. The monoisotopic (exact) mass is 490 g/mol. The lowest BCUT2D eigenvalue weighted by Crippen LogP contribution is -2.43. The summed E-state index contributed by atoms with van der Waals surface area (Å²) >= 11 is 1.36. The molecule has 35 heavy (non-hydrogen) atoms. The number of amides is 2. The zero-order valence-electron chi connectivity index (χ0n) is 19.0. The Bertz CT molecular complexity index is 1390. The number of esters is 1. The molecule has 0 spiro atoms. The van der Waals surface area contributed by atoms with Crippen LogP contribution in [0, 0.1) is 13.8 Å². The van der Waals surface area contributed by atoms with Gasteiger partial charge >= 0.3 is 5.97 Å². The van der Waals surface area contributed by atoms with Crippen molar-refractivity contribution in [2.75, 3.05) is 6.61 Å². The van der Waals surface area contributed by atoms with Crippen LogP contribution in [0.4, 0.5) is 0 Å². The molecule has 0 radical (unpaired) electrons. The fraction of sp³-hybridized carbons (Fsp3) is 0.167. The molecule has 4 rings (SSSR count).